The third-order valence-corrected chi connectivity index (χ3v) is 2.60. The van der Waals surface area contributed by atoms with Crippen LogP contribution in [0.15, 0.2) is 12.2 Å². The van der Waals surface area contributed by atoms with Gasteiger partial charge in [-0.3, -0.25) is 4.79 Å². The van der Waals surface area contributed by atoms with E-state index in [1.807, 2.05) is 0 Å². The van der Waals surface area contributed by atoms with E-state index in [4.69, 9.17) is 0 Å². The van der Waals surface area contributed by atoms with Crippen molar-refractivity contribution in [3.8, 4) is 0 Å². The molecule has 3 heteroatoms. The van der Waals surface area contributed by atoms with Crippen molar-refractivity contribution in [2.45, 2.75) is 18.6 Å². The predicted molar refractivity (Wildman–Crippen MR) is 37.8 cm³/mol. The molecule has 0 heterocycles. The highest BCUT2D eigenvalue weighted by atomic mass is 16.3. The first-order valence-electron chi connectivity index (χ1n) is 3.78. The van der Waals surface area contributed by atoms with Crippen LogP contribution in [0.4, 0.5) is 0 Å². The van der Waals surface area contributed by atoms with Gasteiger partial charge in [0.1, 0.15) is 0 Å². The van der Waals surface area contributed by atoms with Crippen molar-refractivity contribution < 1.29 is 15.0 Å². The first-order valence-corrected chi connectivity index (χ1v) is 3.78. The fourth-order valence-corrected chi connectivity index (χ4v) is 1.93. The van der Waals surface area contributed by atoms with Gasteiger partial charge in [-0.05, 0) is 12.5 Å². The molecule has 0 aromatic carbocycles. The highest BCUT2D eigenvalue weighted by Crippen LogP contribution is 2.37. The largest absolute Gasteiger partial charge is 0.390 e. The van der Waals surface area contributed by atoms with Gasteiger partial charge < -0.3 is 10.2 Å². The molecule has 0 spiro atoms. The average Bonchev–Trinajstić information content (AvgIpc) is 2.43. The third-order valence-electron chi connectivity index (χ3n) is 2.60. The number of rotatable bonds is 0. The standard InChI is InChI=1S/C8H10O3/c9-6-2-1-4-5(6)3-7(10)8(4)11/h1-2,4-5,7-8,10-11H,3H2/t4-,5-,7+,8+/m0/s1. The van der Waals surface area contributed by atoms with E-state index in [-0.39, 0.29) is 17.6 Å². The Bertz CT molecular complexity index is 221. The molecule has 0 aliphatic heterocycles. The highest BCUT2D eigenvalue weighted by molar-refractivity contribution is 5.95. The molecule has 2 aliphatic rings. The average molecular weight is 154 g/mol. The lowest BCUT2D eigenvalue weighted by Gasteiger charge is -2.10. The fraction of sp³-hybridized carbons (Fsp3) is 0.625. The van der Waals surface area contributed by atoms with Crippen molar-refractivity contribution in [1.29, 1.82) is 0 Å². The van der Waals surface area contributed by atoms with Gasteiger partial charge >= 0.3 is 0 Å². The number of fused-ring (bicyclic) bond motifs is 1. The zero-order valence-corrected chi connectivity index (χ0v) is 5.97. The van der Waals surface area contributed by atoms with Crippen LogP contribution in [0.1, 0.15) is 6.42 Å². The van der Waals surface area contributed by atoms with Gasteiger partial charge in [0.25, 0.3) is 0 Å². The predicted octanol–water partition coefficient (Wildman–Crippen LogP) is -0.517. The van der Waals surface area contributed by atoms with E-state index in [2.05, 4.69) is 0 Å². The smallest absolute Gasteiger partial charge is 0.159 e. The van der Waals surface area contributed by atoms with Crippen LogP contribution in [0.25, 0.3) is 0 Å². The summed E-state index contributed by atoms with van der Waals surface area (Å²) in [5.74, 6) is -0.233. The van der Waals surface area contributed by atoms with Crippen LogP contribution in [0.2, 0.25) is 0 Å². The SMILES string of the molecule is O=C1C=C[C@@H]2[C@@H](O)[C@H](O)C[C@H]12. The van der Waals surface area contributed by atoms with E-state index >= 15 is 0 Å². The van der Waals surface area contributed by atoms with Gasteiger partial charge in [-0.25, -0.2) is 0 Å². The Morgan fingerprint density at radius 1 is 1.45 bits per heavy atom. The molecule has 0 aromatic rings. The maximum atomic E-state index is 11.0. The topological polar surface area (TPSA) is 57.5 Å². The van der Waals surface area contributed by atoms with Crippen LogP contribution >= 0.6 is 0 Å². The molecular weight excluding hydrogens is 144 g/mol. The van der Waals surface area contributed by atoms with Crippen molar-refractivity contribution >= 4 is 5.78 Å². The van der Waals surface area contributed by atoms with Crippen LogP contribution in [0.5, 0.6) is 0 Å². The van der Waals surface area contributed by atoms with Crippen molar-refractivity contribution in [2.75, 3.05) is 0 Å². The molecule has 2 N–H and O–H groups in total. The second kappa shape index (κ2) is 2.16. The quantitative estimate of drug-likeness (QED) is 0.493. The molecule has 3 nitrogen and oxygen atoms in total. The van der Waals surface area contributed by atoms with Gasteiger partial charge in [0.05, 0.1) is 12.2 Å². The summed E-state index contributed by atoms with van der Waals surface area (Å²) in [6.07, 6.45) is 2.18. The van der Waals surface area contributed by atoms with Crippen molar-refractivity contribution in [2.24, 2.45) is 11.8 Å². The van der Waals surface area contributed by atoms with Crippen molar-refractivity contribution in [1.82, 2.24) is 0 Å². The second-order valence-corrected chi connectivity index (χ2v) is 3.24. The highest BCUT2D eigenvalue weighted by Gasteiger charge is 2.45. The molecule has 2 aliphatic carbocycles. The van der Waals surface area contributed by atoms with Gasteiger partial charge in [-0.2, -0.15) is 0 Å². The van der Waals surface area contributed by atoms with Crippen LogP contribution in [-0.4, -0.2) is 28.2 Å². The maximum Gasteiger partial charge on any atom is 0.159 e. The maximum absolute atomic E-state index is 11.0. The van der Waals surface area contributed by atoms with E-state index in [0.717, 1.165) is 0 Å². The minimum Gasteiger partial charge on any atom is -0.390 e. The Morgan fingerprint density at radius 2 is 2.18 bits per heavy atom. The molecule has 1 saturated carbocycles. The number of aliphatic hydroxyl groups excluding tert-OH is 2. The number of carbonyl (C=O) groups excluding carboxylic acids is 1. The summed E-state index contributed by atoms with van der Waals surface area (Å²) in [4.78, 5) is 11.0. The lowest BCUT2D eigenvalue weighted by molar-refractivity contribution is -0.118. The summed E-state index contributed by atoms with van der Waals surface area (Å²) in [6.45, 7) is 0. The fourth-order valence-electron chi connectivity index (χ4n) is 1.93. The molecular formula is C8H10O3. The molecule has 0 amide bonds. The van der Waals surface area contributed by atoms with Crippen LogP contribution in [0.3, 0.4) is 0 Å². The lowest BCUT2D eigenvalue weighted by atomic mass is 9.98. The number of hydrogen-bond acceptors (Lipinski definition) is 3. The minimum absolute atomic E-state index is 0.0469. The van der Waals surface area contributed by atoms with Gasteiger partial charge in [0.2, 0.25) is 0 Å². The first kappa shape index (κ1) is 7.00. The molecule has 1 fully saturated rings. The third kappa shape index (κ3) is 0.847. The normalized spacial score (nSPS) is 48.4. The number of allylic oxidation sites excluding steroid dienone is 1. The molecule has 11 heavy (non-hydrogen) atoms. The summed E-state index contributed by atoms with van der Waals surface area (Å²) in [6, 6.07) is 0. The lowest BCUT2D eigenvalue weighted by Crippen LogP contribution is -2.23. The summed E-state index contributed by atoms with van der Waals surface area (Å²) >= 11 is 0. The van der Waals surface area contributed by atoms with Gasteiger partial charge in [0.15, 0.2) is 5.78 Å². The molecule has 4 atom stereocenters. The Morgan fingerprint density at radius 3 is 2.82 bits per heavy atom. The Labute approximate surface area is 64.3 Å². The summed E-state index contributed by atoms with van der Waals surface area (Å²) in [5.41, 5.74) is 0. The van der Waals surface area contributed by atoms with E-state index in [1.54, 1.807) is 6.08 Å². The molecule has 0 radical (unpaired) electrons. The van der Waals surface area contributed by atoms with Crippen molar-refractivity contribution in [3.63, 3.8) is 0 Å². The van der Waals surface area contributed by atoms with Crippen LogP contribution in [0, 0.1) is 11.8 Å². The molecule has 2 rings (SSSR count). The van der Waals surface area contributed by atoms with Crippen LogP contribution in [-0.2, 0) is 4.79 Å². The molecule has 0 bridgehead atoms. The van der Waals surface area contributed by atoms with E-state index in [1.165, 1.54) is 6.08 Å². The Hall–Kier alpha value is -0.670. The van der Waals surface area contributed by atoms with E-state index < -0.39 is 12.2 Å². The Balaban J connectivity index is 2.24. The second-order valence-electron chi connectivity index (χ2n) is 3.24. The van der Waals surface area contributed by atoms with Crippen LogP contribution < -0.4 is 0 Å². The number of ketones is 1. The summed E-state index contributed by atoms with van der Waals surface area (Å²) in [7, 11) is 0. The molecule has 0 aromatic heterocycles. The van der Waals surface area contributed by atoms with Gasteiger partial charge in [-0.15, -0.1) is 0 Å². The molecule has 0 unspecified atom stereocenters. The Kier molecular flexibility index (Phi) is 1.37. The van der Waals surface area contributed by atoms with E-state index in [0.29, 0.717) is 6.42 Å². The van der Waals surface area contributed by atoms with Gasteiger partial charge in [-0.1, -0.05) is 6.08 Å². The monoisotopic (exact) mass is 154 g/mol. The van der Waals surface area contributed by atoms with Gasteiger partial charge in [0, 0.05) is 11.8 Å². The number of hydrogen-bond donors (Lipinski definition) is 2. The van der Waals surface area contributed by atoms with Crippen molar-refractivity contribution in [3.05, 3.63) is 12.2 Å². The summed E-state index contributed by atoms with van der Waals surface area (Å²) < 4.78 is 0. The van der Waals surface area contributed by atoms with E-state index in [9.17, 15) is 15.0 Å². The zero-order valence-electron chi connectivity index (χ0n) is 5.97. The molecule has 60 valence electrons. The zero-order chi connectivity index (χ0) is 8.01. The number of aliphatic hydroxyl groups is 2. The first-order chi connectivity index (χ1) is 5.20. The minimum atomic E-state index is -0.734. The molecule has 0 saturated heterocycles. The summed E-state index contributed by atoms with van der Waals surface area (Å²) in [5, 5.41) is 18.5. The number of carbonyl (C=O) groups is 1.